The van der Waals surface area contributed by atoms with Gasteiger partial charge in [0.15, 0.2) is 5.82 Å². The second-order valence-electron chi connectivity index (χ2n) is 5.88. The Bertz CT molecular complexity index is 631. The van der Waals surface area contributed by atoms with E-state index in [9.17, 15) is 4.79 Å². The Kier molecular flexibility index (Phi) is 4.13. The van der Waals surface area contributed by atoms with Crippen molar-refractivity contribution in [2.24, 2.45) is 0 Å². The van der Waals surface area contributed by atoms with Crippen molar-refractivity contribution < 1.29 is 4.79 Å². The van der Waals surface area contributed by atoms with Crippen molar-refractivity contribution in [3.63, 3.8) is 0 Å². The highest BCUT2D eigenvalue weighted by molar-refractivity contribution is 5.74. The smallest absolute Gasteiger partial charge is 0.317 e. The standard InChI is InChI=1S/C15H22N6O/c1-12(2)16-15(22)20-8-5-13-17-18-14(21(13)10-9-20)11-19-6-3-4-7-19/h3-4,6-7,12H,5,8-11H2,1-2H3,(H,16,22). The minimum absolute atomic E-state index is 0.000622. The molecule has 1 aliphatic heterocycles. The van der Waals surface area contributed by atoms with Crippen molar-refractivity contribution >= 4 is 6.03 Å². The largest absolute Gasteiger partial charge is 0.347 e. The highest BCUT2D eigenvalue weighted by Gasteiger charge is 2.21. The summed E-state index contributed by atoms with van der Waals surface area (Å²) in [6.45, 7) is 6.75. The summed E-state index contributed by atoms with van der Waals surface area (Å²) in [4.78, 5) is 14.0. The number of hydrogen-bond donors (Lipinski definition) is 1. The second-order valence-corrected chi connectivity index (χ2v) is 5.88. The van der Waals surface area contributed by atoms with Gasteiger partial charge in [0, 0.05) is 44.5 Å². The molecule has 0 spiro atoms. The molecule has 3 rings (SSSR count). The van der Waals surface area contributed by atoms with Crippen LogP contribution in [-0.2, 0) is 19.5 Å². The van der Waals surface area contributed by atoms with Crippen molar-refractivity contribution in [3.05, 3.63) is 36.2 Å². The van der Waals surface area contributed by atoms with Crippen LogP contribution >= 0.6 is 0 Å². The van der Waals surface area contributed by atoms with Crippen molar-refractivity contribution in [1.82, 2.24) is 29.5 Å². The van der Waals surface area contributed by atoms with E-state index in [-0.39, 0.29) is 12.1 Å². The lowest BCUT2D eigenvalue weighted by molar-refractivity contribution is 0.196. The topological polar surface area (TPSA) is 68.0 Å². The van der Waals surface area contributed by atoms with Gasteiger partial charge < -0.3 is 19.4 Å². The van der Waals surface area contributed by atoms with E-state index in [1.54, 1.807) is 0 Å². The average Bonchev–Trinajstić information content (AvgIpc) is 3.05. The van der Waals surface area contributed by atoms with Crippen LogP contribution in [0.1, 0.15) is 25.5 Å². The van der Waals surface area contributed by atoms with Crippen LogP contribution in [0.2, 0.25) is 0 Å². The number of carbonyl (C=O) groups excluding carboxylic acids is 1. The summed E-state index contributed by atoms with van der Waals surface area (Å²) in [6, 6.07) is 4.15. The average molecular weight is 302 g/mol. The quantitative estimate of drug-likeness (QED) is 0.923. The Morgan fingerprint density at radius 3 is 2.73 bits per heavy atom. The van der Waals surface area contributed by atoms with Gasteiger partial charge in [0.05, 0.1) is 6.54 Å². The maximum Gasteiger partial charge on any atom is 0.317 e. The van der Waals surface area contributed by atoms with Crippen LogP contribution < -0.4 is 5.32 Å². The summed E-state index contributed by atoms with van der Waals surface area (Å²) in [6.07, 6.45) is 4.77. The van der Waals surface area contributed by atoms with Crippen molar-refractivity contribution in [2.75, 3.05) is 13.1 Å². The zero-order valence-electron chi connectivity index (χ0n) is 13.1. The first-order valence-electron chi connectivity index (χ1n) is 7.70. The van der Waals surface area contributed by atoms with Gasteiger partial charge in [-0.05, 0) is 26.0 Å². The van der Waals surface area contributed by atoms with Gasteiger partial charge in [-0.25, -0.2) is 4.79 Å². The van der Waals surface area contributed by atoms with Crippen LogP contribution in [0, 0.1) is 0 Å². The molecule has 0 aliphatic carbocycles. The fourth-order valence-electron chi connectivity index (χ4n) is 2.68. The number of amides is 2. The molecule has 0 radical (unpaired) electrons. The van der Waals surface area contributed by atoms with Gasteiger partial charge in [-0.15, -0.1) is 10.2 Å². The third-order valence-electron chi connectivity index (χ3n) is 3.79. The molecule has 0 saturated heterocycles. The number of carbonyl (C=O) groups is 1. The van der Waals surface area contributed by atoms with Crippen LogP contribution in [-0.4, -0.2) is 49.4 Å². The number of aromatic nitrogens is 4. The molecule has 0 saturated carbocycles. The zero-order valence-corrected chi connectivity index (χ0v) is 13.1. The molecule has 1 aliphatic rings. The summed E-state index contributed by atoms with van der Waals surface area (Å²) in [7, 11) is 0. The van der Waals surface area contributed by atoms with Crippen molar-refractivity contribution in [3.8, 4) is 0 Å². The number of rotatable bonds is 3. The van der Waals surface area contributed by atoms with Crippen molar-refractivity contribution in [2.45, 2.75) is 39.4 Å². The summed E-state index contributed by atoms with van der Waals surface area (Å²) < 4.78 is 4.22. The summed E-state index contributed by atoms with van der Waals surface area (Å²) >= 11 is 0. The number of nitrogens with one attached hydrogen (secondary N) is 1. The SMILES string of the molecule is CC(C)NC(=O)N1CCc2nnc(Cn3cccc3)n2CC1. The fraction of sp³-hybridized carbons (Fsp3) is 0.533. The van der Waals surface area contributed by atoms with Gasteiger partial charge in [0.2, 0.25) is 0 Å². The molecule has 7 nitrogen and oxygen atoms in total. The monoisotopic (exact) mass is 302 g/mol. The molecule has 2 aromatic heterocycles. The number of nitrogens with zero attached hydrogens (tertiary/aromatic N) is 5. The molecule has 2 amide bonds. The highest BCUT2D eigenvalue weighted by Crippen LogP contribution is 2.11. The van der Waals surface area contributed by atoms with E-state index in [1.165, 1.54) is 0 Å². The van der Waals surface area contributed by atoms with Crippen LogP contribution in [0.3, 0.4) is 0 Å². The lowest BCUT2D eigenvalue weighted by atomic mass is 10.3. The van der Waals surface area contributed by atoms with Crippen LogP contribution in [0.15, 0.2) is 24.5 Å². The van der Waals surface area contributed by atoms with Crippen LogP contribution in [0.4, 0.5) is 4.79 Å². The fourth-order valence-corrected chi connectivity index (χ4v) is 2.68. The third kappa shape index (κ3) is 3.13. The van der Waals surface area contributed by atoms with Gasteiger partial charge >= 0.3 is 6.03 Å². The first-order valence-corrected chi connectivity index (χ1v) is 7.70. The maximum atomic E-state index is 12.1. The predicted molar refractivity (Wildman–Crippen MR) is 82.5 cm³/mol. The normalized spacial score (nSPS) is 14.8. The molecule has 0 fully saturated rings. The minimum atomic E-state index is 0.000622. The molecule has 3 heterocycles. The molecule has 0 atom stereocenters. The lowest BCUT2D eigenvalue weighted by Crippen LogP contribution is -2.44. The Morgan fingerprint density at radius 2 is 2.00 bits per heavy atom. The Morgan fingerprint density at radius 1 is 1.23 bits per heavy atom. The zero-order chi connectivity index (χ0) is 15.5. The van der Waals surface area contributed by atoms with Crippen LogP contribution in [0.25, 0.3) is 0 Å². The number of hydrogen-bond acceptors (Lipinski definition) is 3. The molecule has 1 N–H and O–H groups in total. The molecule has 0 unspecified atom stereocenters. The first-order chi connectivity index (χ1) is 10.6. The molecular weight excluding hydrogens is 280 g/mol. The van der Waals surface area contributed by atoms with E-state index in [4.69, 9.17) is 0 Å². The first kappa shape index (κ1) is 14.6. The molecule has 118 valence electrons. The maximum absolute atomic E-state index is 12.1. The van der Waals surface area contributed by atoms with Gasteiger partial charge in [0.25, 0.3) is 0 Å². The third-order valence-corrected chi connectivity index (χ3v) is 3.79. The van der Waals surface area contributed by atoms with E-state index >= 15 is 0 Å². The summed E-state index contributed by atoms with van der Waals surface area (Å²) in [5.41, 5.74) is 0. The van der Waals surface area contributed by atoms with Gasteiger partial charge in [-0.1, -0.05) is 0 Å². The molecule has 0 aromatic carbocycles. The van der Waals surface area contributed by atoms with Crippen LogP contribution in [0.5, 0.6) is 0 Å². The summed E-state index contributed by atoms with van der Waals surface area (Å²) in [5.74, 6) is 1.90. The molecule has 0 bridgehead atoms. The summed E-state index contributed by atoms with van der Waals surface area (Å²) in [5, 5.41) is 11.5. The van der Waals surface area contributed by atoms with E-state index in [0.717, 1.165) is 24.6 Å². The molecule has 2 aromatic rings. The molecule has 22 heavy (non-hydrogen) atoms. The second kappa shape index (κ2) is 6.21. The van der Waals surface area contributed by atoms with E-state index in [1.807, 2.05) is 43.3 Å². The molecule has 7 heteroatoms. The van der Waals surface area contributed by atoms with Gasteiger partial charge in [-0.3, -0.25) is 0 Å². The lowest BCUT2D eigenvalue weighted by Gasteiger charge is -2.22. The van der Waals surface area contributed by atoms with Gasteiger partial charge in [0.1, 0.15) is 5.82 Å². The van der Waals surface area contributed by atoms with Gasteiger partial charge in [-0.2, -0.15) is 0 Å². The van der Waals surface area contributed by atoms with E-state index in [2.05, 4.69) is 24.6 Å². The van der Waals surface area contributed by atoms with Crippen molar-refractivity contribution in [1.29, 1.82) is 0 Å². The minimum Gasteiger partial charge on any atom is -0.347 e. The predicted octanol–water partition coefficient (Wildman–Crippen LogP) is 1.10. The van der Waals surface area contributed by atoms with E-state index < -0.39 is 0 Å². The molecular formula is C15H22N6O. The Labute approximate surface area is 129 Å². The highest BCUT2D eigenvalue weighted by atomic mass is 16.2. The Balaban J connectivity index is 1.69. The Hall–Kier alpha value is -2.31. The number of urea groups is 1. The van der Waals surface area contributed by atoms with E-state index in [0.29, 0.717) is 19.6 Å². The number of fused-ring (bicyclic) bond motifs is 1.